The van der Waals surface area contributed by atoms with Crippen LogP contribution in [-0.4, -0.2) is 53.0 Å². The second-order valence-electron chi connectivity index (χ2n) is 7.08. The van der Waals surface area contributed by atoms with Crippen LogP contribution in [0, 0.1) is 5.92 Å². The molecule has 7 nitrogen and oxygen atoms in total. The number of amides is 1. The van der Waals surface area contributed by atoms with Gasteiger partial charge >= 0.3 is 0 Å². The van der Waals surface area contributed by atoms with Gasteiger partial charge in [-0.15, -0.1) is 24.0 Å². The summed E-state index contributed by atoms with van der Waals surface area (Å²) in [5.74, 6) is 1.54. The highest BCUT2D eigenvalue weighted by atomic mass is 127. The van der Waals surface area contributed by atoms with E-state index in [0.29, 0.717) is 18.9 Å². The van der Waals surface area contributed by atoms with E-state index in [1.807, 2.05) is 29.2 Å². The quantitative estimate of drug-likeness (QED) is 0.356. The number of hydrogen-bond acceptors (Lipinski definition) is 3. The molecule has 158 valence electrons. The van der Waals surface area contributed by atoms with Crippen molar-refractivity contribution in [2.75, 3.05) is 26.7 Å². The van der Waals surface area contributed by atoms with Gasteiger partial charge in [-0.3, -0.25) is 4.79 Å². The van der Waals surface area contributed by atoms with Gasteiger partial charge in [-0.25, -0.2) is 9.98 Å². The number of guanidine groups is 1. The largest absolute Gasteiger partial charge is 0.359 e. The van der Waals surface area contributed by atoms with E-state index < -0.39 is 0 Å². The summed E-state index contributed by atoms with van der Waals surface area (Å²) in [7, 11) is 1.70. The van der Waals surface area contributed by atoms with Gasteiger partial charge in [-0.1, -0.05) is 18.2 Å². The van der Waals surface area contributed by atoms with Crippen LogP contribution in [0.2, 0.25) is 0 Å². The summed E-state index contributed by atoms with van der Waals surface area (Å²) < 4.78 is 2.02. The zero-order valence-electron chi connectivity index (χ0n) is 17.2. The Hall–Kier alpha value is -2.10. The Morgan fingerprint density at radius 2 is 2.03 bits per heavy atom. The van der Waals surface area contributed by atoms with Crippen LogP contribution in [0.3, 0.4) is 0 Å². The van der Waals surface area contributed by atoms with Crippen molar-refractivity contribution in [3.8, 4) is 5.69 Å². The number of hydrogen-bond donors (Lipinski definition) is 2. The first-order valence-electron chi connectivity index (χ1n) is 10.0. The lowest BCUT2D eigenvalue weighted by Gasteiger charge is -2.34. The highest BCUT2D eigenvalue weighted by Gasteiger charge is 2.23. The summed E-state index contributed by atoms with van der Waals surface area (Å²) in [4.78, 5) is 23.0. The van der Waals surface area contributed by atoms with Crippen molar-refractivity contribution in [3.63, 3.8) is 0 Å². The van der Waals surface area contributed by atoms with E-state index in [1.165, 1.54) is 0 Å². The summed E-state index contributed by atoms with van der Waals surface area (Å²) in [6.45, 7) is 5.38. The van der Waals surface area contributed by atoms with Crippen molar-refractivity contribution in [1.82, 2.24) is 25.1 Å². The molecule has 2 N–H and O–H groups in total. The normalized spacial score (nSPS) is 15.0. The lowest BCUT2D eigenvalue weighted by Crippen LogP contribution is -2.46. The molecule has 3 rings (SSSR count). The minimum atomic E-state index is 0. The van der Waals surface area contributed by atoms with E-state index in [0.717, 1.165) is 49.7 Å². The molecule has 2 aromatic rings. The van der Waals surface area contributed by atoms with E-state index in [-0.39, 0.29) is 29.9 Å². The fraction of sp³-hybridized carbons (Fsp3) is 0.476. The van der Waals surface area contributed by atoms with Crippen LogP contribution in [-0.2, 0) is 11.3 Å². The molecule has 2 heterocycles. The van der Waals surface area contributed by atoms with Crippen molar-refractivity contribution in [2.24, 2.45) is 10.9 Å². The second kappa shape index (κ2) is 11.8. The molecule has 0 unspecified atom stereocenters. The zero-order chi connectivity index (χ0) is 19.8. The molecule has 0 radical (unpaired) electrons. The summed E-state index contributed by atoms with van der Waals surface area (Å²) in [6, 6.07) is 8.27. The zero-order valence-corrected chi connectivity index (χ0v) is 19.5. The summed E-state index contributed by atoms with van der Waals surface area (Å²) in [5, 5.41) is 6.15. The molecule has 1 saturated heterocycles. The molecule has 0 bridgehead atoms. The first-order chi connectivity index (χ1) is 13.7. The van der Waals surface area contributed by atoms with E-state index >= 15 is 0 Å². The summed E-state index contributed by atoms with van der Waals surface area (Å²) >= 11 is 0. The maximum Gasteiger partial charge on any atom is 0.220 e. The summed E-state index contributed by atoms with van der Waals surface area (Å²) in [6.07, 6.45) is 8.20. The molecule has 1 aliphatic heterocycles. The van der Waals surface area contributed by atoms with E-state index in [2.05, 4.69) is 39.6 Å². The Labute approximate surface area is 190 Å². The van der Waals surface area contributed by atoms with Crippen LogP contribution in [0.1, 0.15) is 31.7 Å². The number of halogens is 1. The predicted octanol–water partition coefficient (Wildman–Crippen LogP) is 2.80. The van der Waals surface area contributed by atoms with Gasteiger partial charge < -0.3 is 20.1 Å². The Morgan fingerprint density at radius 1 is 1.28 bits per heavy atom. The van der Waals surface area contributed by atoms with Gasteiger partial charge in [0.15, 0.2) is 5.96 Å². The molecule has 1 aromatic carbocycles. The topological polar surface area (TPSA) is 74.5 Å². The Kier molecular flexibility index (Phi) is 9.43. The number of carbonyl (C=O) groups is 1. The van der Waals surface area contributed by atoms with Crippen molar-refractivity contribution < 1.29 is 4.79 Å². The molecule has 1 aromatic heterocycles. The number of benzene rings is 1. The number of carbonyl (C=O) groups excluding carboxylic acids is 1. The Bertz CT molecular complexity index is 784. The molecule has 0 atom stereocenters. The number of aromatic nitrogens is 2. The van der Waals surface area contributed by atoms with Crippen LogP contribution >= 0.6 is 24.0 Å². The number of nitrogens with zero attached hydrogens (tertiary/aromatic N) is 4. The van der Waals surface area contributed by atoms with Crippen LogP contribution in [0.15, 0.2) is 48.0 Å². The monoisotopic (exact) mass is 510 g/mol. The fourth-order valence-corrected chi connectivity index (χ4v) is 3.60. The van der Waals surface area contributed by atoms with Gasteiger partial charge in [0.05, 0.1) is 18.6 Å². The molecule has 0 spiro atoms. The van der Waals surface area contributed by atoms with E-state index in [1.54, 1.807) is 13.2 Å². The van der Waals surface area contributed by atoms with Crippen LogP contribution in [0.25, 0.3) is 5.69 Å². The highest BCUT2D eigenvalue weighted by Crippen LogP contribution is 2.21. The number of aliphatic imine (C=N–C) groups is 1. The minimum Gasteiger partial charge on any atom is -0.359 e. The average Bonchev–Trinajstić information content (AvgIpc) is 3.26. The third-order valence-corrected chi connectivity index (χ3v) is 5.18. The van der Waals surface area contributed by atoms with Gasteiger partial charge in [0.2, 0.25) is 5.91 Å². The maximum absolute atomic E-state index is 11.6. The number of imidazole rings is 1. The Morgan fingerprint density at radius 3 is 2.69 bits per heavy atom. The molecule has 1 aliphatic rings. The van der Waals surface area contributed by atoms with Gasteiger partial charge in [-0.05, 0) is 37.3 Å². The number of para-hydroxylation sites is 1. The number of piperidine rings is 1. The molecular weight excluding hydrogens is 479 g/mol. The number of likely N-dealkylation sites (tertiary alicyclic amines) is 1. The standard InChI is InChI=1S/C21H30N6O.HI/c1-3-24-21(26-11-8-17(9-12-26)14-20(28)22-2)25-15-18-6-4-5-7-19(18)27-13-10-23-16-27;/h4-7,10,13,16-17H,3,8-9,11-12,14-15H2,1-2H3,(H,22,28)(H,24,25);1H. The van der Waals surface area contributed by atoms with E-state index in [9.17, 15) is 4.79 Å². The molecule has 1 fully saturated rings. The smallest absolute Gasteiger partial charge is 0.220 e. The predicted molar refractivity (Wildman–Crippen MR) is 127 cm³/mol. The van der Waals surface area contributed by atoms with Crippen LogP contribution in [0.4, 0.5) is 0 Å². The fourth-order valence-electron chi connectivity index (χ4n) is 3.60. The van der Waals surface area contributed by atoms with Crippen LogP contribution < -0.4 is 10.6 Å². The maximum atomic E-state index is 11.6. The van der Waals surface area contributed by atoms with Crippen molar-refractivity contribution >= 4 is 35.8 Å². The van der Waals surface area contributed by atoms with Crippen LogP contribution in [0.5, 0.6) is 0 Å². The van der Waals surface area contributed by atoms with Gasteiger partial charge in [-0.2, -0.15) is 0 Å². The Balaban J connectivity index is 0.00000300. The van der Waals surface area contributed by atoms with Crippen molar-refractivity contribution in [2.45, 2.75) is 32.7 Å². The molecule has 0 saturated carbocycles. The lowest BCUT2D eigenvalue weighted by molar-refractivity contribution is -0.121. The number of rotatable bonds is 6. The van der Waals surface area contributed by atoms with E-state index in [4.69, 9.17) is 4.99 Å². The molecule has 1 amide bonds. The molecular formula is C21H31IN6O. The average molecular weight is 510 g/mol. The molecule has 0 aliphatic carbocycles. The third-order valence-electron chi connectivity index (χ3n) is 5.18. The van der Waals surface area contributed by atoms with Crippen molar-refractivity contribution in [3.05, 3.63) is 48.5 Å². The SMILES string of the molecule is CCNC(=NCc1ccccc1-n1ccnc1)N1CCC(CC(=O)NC)CC1.I. The first-order valence-corrected chi connectivity index (χ1v) is 10.0. The highest BCUT2D eigenvalue weighted by molar-refractivity contribution is 14.0. The molecule has 8 heteroatoms. The molecule has 29 heavy (non-hydrogen) atoms. The third kappa shape index (κ3) is 6.45. The first kappa shape index (κ1) is 23.2. The van der Waals surface area contributed by atoms with Crippen molar-refractivity contribution in [1.29, 1.82) is 0 Å². The number of nitrogens with one attached hydrogen (secondary N) is 2. The van der Waals surface area contributed by atoms with Gasteiger partial charge in [0.1, 0.15) is 0 Å². The summed E-state index contributed by atoms with van der Waals surface area (Å²) in [5.41, 5.74) is 2.26. The van der Waals surface area contributed by atoms with Gasteiger partial charge in [0.25, 0.3) is 0 Å². The minimum absolute atomic E-state index is 0. The van der Waals surface area contributed by atoms with Gasteiger partial charge in [0, 0.05) is 45.5 Å². The lowest BCUT2D eigenvalue weighted by atomic mass is 9.93. The second-order valence-corrected chi connectivity index (χ2v) is 7.08.